The minimum absolute atomic E-state index is 0.0932. The molecule has 0 aliphatic carbocycles. The van der Waals surface area contributed by atoms with E-state index in [0.717, 1.165) is 6.07 Å². The second-order valence-corrected chi connectivity index (χ2v) is 3.39. The molecule has 0 aliphatic heterocycles. The van der Waals surface area contributed by atoms with E-state index in [2.05, 4.69) is 15.9 Å². The molecule has 0 unspecified atom stereocenters. The fourth-order valence-corrected chi connectivity index (χ4v) is 1.11. The van der Waals surface area contributed by atoms with Crippen LogP contribution in [0.2, 0.25) is 0 Å². The third-order valence-corrected chi connectivity index (χ3v) is 2.24. The highest BCUT2D eigenvalue weighted by atomic mass is 79.9. The van der Waals surface area contributed by atoms with Gasteiger partial charge in [0.2, 0.25) is 0 Å². The number of alkyl halides is 2. The van der Waals surface area contributed by atoms with E-state index in [1.807, 2.05) is 0 Å². The summed E-state index contributed by atoms with van der Waals surface area (Å²) in [7, 11) is 0. The molecule has 0 spiro atoms. The Labute approximate surface area is 81.9 Å². The predicted octanol–water partition coefficient (Wildman–Crippen LogP) is 2.85. The summed E-state index contributed by atoms with van der Waals surface area (Å²) in [5.41, 5.74) is 5.22. The first-order valence-electron chi connectivity index (χ1n) is 3.51. The predicted molar refractivity (Wildman–Crippen MR) is 47.0 cm³/mol. The maximum atomic E-state index is 12.9. The summed E-state index contributed by atoms with van der Waals surface area (Å²) in [6.07, 6.45) is -2.68. The lowest BCUT2D eigenvalue weighted by molar-refractivity contribution is 0.116. The molecule has 0 fully saturated rings. The van der Waals surface area contributed by atoms with Crippen LogP contribution < -0.4 is 5.73 Å². The Hall–Kier alpha value is -0.550. The van der Waals surface area contributed by atoms with E-state index in [0.29, 0.717) is 0 Å². The van der Waals surface area contributed by atoms with Gasteiger partial charge in [0.15, 0.2) is 0 Å². The van der Waals surface area contributed by atoms with Crippen molar-refractivity contribution in [3.8, 4) is 0 Å². The number of nitrogens with two attached hydrogens (primary N) is 1. The largest absolute Gasteiger partial charge is 0.319 e. The van der Waals surface area contributed by atoms with Gasteiger partial charge in [-0.3, -0.25) is 0 Å². The zero-order valence-corrected chi connectivity index (χ0v) is 8.06. The Bertz CT molecular complexity index is 303. The van der Waals surface area contributed by atoms with E-state index in [1.165, 1.54) is 12.1 Å². The molecule has 2 N–H and O–H groups in total. The number of hydrogen-bond acceptors (Lipinski definition) is 1. The lowest BCUT2D eigenvalue weighted by Crippen LogP contribution is -2.18. The van der Waals surface area contributed by atoms with E-state index in [9.17, 15) is 13.2 Å². The van der Waals surface area contributed by atoms with Crippen LogP contribution in [-0.4, -0.2) is 6.43 Å². The topological polar surface area (TPSA) is 26.0 Å². The highest BCUT2D eigenvalue weighted by Crippen LogP contribution is 2.22. The molecule has 0 saturated carbocycles. The molecule has 1 aromatic rings. The fraction of sp³-hybridized carbons (Fsp3) is 0.250. The van der Waals surface area contributed by atoms with Gasteiger partial charge < -0.3 is 5.73 Å². The Morgan fingerprint density at radius 1 is 1.31 bits per heavy atom. The van der Waals surface area contributed by atoms with E-state index in [-0.39, 0.29) is 10.0 Å². The van der Waals surface area contributed by atoms with Crippen molar-refractivity contribution in [2.45, 2.75) is 12.5 Å². The Morgan fingerprint density at radius 3 is 2.38 bits per heavy atom. The Balaban J connectivity index is 2.97. The van der Waals surface area contributed by atoms with E-state index >= 15 is 0 Å². The summed E-state index contributed by atoms with van der Waals surface area (Å²) < 4.78 is 37.3. The number of halogens is 4. The monoisotopic (exact) mass is 253 g/mol. The molecular weight excluding hydrogens is 247 g/mol. The minimum atomic E-state index is -2.68. The molecule has 0 amide bonds. The van der Waals surface area contributed by atoms with Crippen molar-refractivity contribution in [2.75, 3.05) is 0 Å². The molecule has 0 radical (unpaired) electrons. The smallest absolute Gasteiger partial charge is 0.257 e. The van der Waals surface area contributed by atoms with Gasteiger partial charge in [-0.05, 0) is 33.6 Å². The molecule has 72 valence electrons. The van der Waals surface area contributed by atoms with Gasteiger partial charge in [0.25, 0.3) is 6.43 Å². The Kier molecular flexibility index (Phi) is 3.33. The molecule has 1 nitrogen and oxygen atoms in total. The third-order valence-electron chi connectivity index (χ3n) is 1.60. The van der Waals surface area contributed by atoms with Crippen LogP contribution in [0.3, 0.4) is 0 Å². The quantitative estimate of drug-likeness (QED) is 0.862. The third kappa shape index (κ3) is 2.45. The van der Waals surface area contributed by atoms with Crippen molar-refractivity contribution in [1.29, 1.82) is 0 Å². The van der Waals surface area contributed by atoms with Crippen molar-refractivity contribution >= 4 is 15.9 Å². The van der Waals surface area contributed by atoms with Crippen molar-refractivity contribution < 1.29 is 13.2 Å². The average Bonchev–Trinajstić information content (AvgIpc) is 2.08. The zero-order valence-electron chi connectivity index (χ0n) is 6.48. The summed E-state index contributed by atoms with van der Waals surface area (Å²) in [6, 6.07) is 2.29. The highest BCUT2D eigenvalue weighted by molar-refractivity contribution is 9.10. The van der Waals surface area contributed by atoms with Gasteiger partial charge in [-0.15, -0.1) is 0 Å². The van der Waals surface area contributed by atoms with Crippen LogP contribution in [-0.2, 0) is 0 Å². The van der Waals surface area contributed by atoms with E-state index in [4.69, 9.17) is 5.73 Å². The molecular formula is C8H7BrF3N. The zero-order chi connectivity index (χ0) is 10.0. The minimum Gasteiger partial charge on any atom is -0.319 e. The molecule has 0 heterocycles. The lowest BCUT2D eigenvalue weighted by Gasteiger charge is -2.10. The summed E-state index contributed by atoms with van der Waals surface area (Å²) in [5.74, 6) is -0.589. The van der Waals surface area contributed by atoms with Gasteiger partial charge in [0, 0.05) is 0 Å². The van der Waals surface area contributed by atoms with Crippen LogP contribution in [0, 0.1) is 5.82 Å². The molecule has 1 atom stereocenters. The van der Waals surface area contributed by atoms with Gasteiger partial charge in [0.1, 0.15) is 5.82 Å². The average molecular weight is 254 g/mol. The summed E-state index contributed by atoms with van der Waals surface area (Å²) in [5, 5.41) is 0. The van der Waals surface area contributed by atoms with Crippen LogP contribution in [0.4, 0.5) is 13.2 Å². The van der Waals surface area contributed by atoms with Crippen LogP contribution in [0.25, 0.3) is 0 Å². The van der Waals surface area contributed by atoms with Crippen molar-refractivity contribution in [3.05, 3.63) is 34.1 Å². The molecule has 0 bridgehead atoms. The molecule has 0 aromatic heterocycles. The summed E-state index contributed by atoms with van der Waals surface area (Å²) >= 11 is 2.91. The highest BCUT2D eigenvalue weighted by Gasteiger charge is 2.18. The first kappa shape index (κ1) is 10.5. The second kappa shape index (κ2) is 4.11. The van der Waals surface area contributed by atoms with Gasteiger partial charge >= 0.3 is 0 Å². The number of hydrogen-bond donors (Lipinski definition) is 1. The molecule has 13 heavy (non-hydrogen) atoms. The van der Waals surface area contributed by atoms with Crippen LogP contribution in [0.1, 0.15) is 11.6 Å². The van der Waals surface area contributed by atoms with Gasteiger partial charge in [-0.1, -0.05) is 6.07 Å². The lowest BCUT2D eigenvalue weighted by atomic mass is 10.1. The normalized spacial score (nSPS) is 13.4. The number of benzene rings is 1. The molecule has 1 aromatic carbocycles. The molecule has 0 saturated heterocycles. The molecule has 0 aliphatic rings. The Morgan fingerprint density at radius 2 is 1.92 bits per heavy atom. The van der Waals surface area contributed by atoms with Crippen LogP contribution >= 0.6 is 15.9 Å². The maximum Gasteiger partial charge on any atom is 0.257 e. The second-order valence-electron chi connectivity index (χ2n) is 2.53. The summed E-state index contributed by atoms with van der Waals surface area (Å²) in [4.78, 5) is 0. The molecule has 1 rings (SSSR count). The van der Waals surface area contributed by atoms with Gasteiger partial charge in [0.05, 0.1) is 10.5 Å². The number of rotatable bonds is 2. The molecule has 5 heteroatoms. The van der Waals surface area contributed by atoms with Crippen molar-refractivity contribution in [1.82, 2.24) is 0 Å². The standard InChI is InChI=1S/C8H7BrF3N/c9-5-2-1-4(3-6(5)10)7(13)8(11)12/h1-3,7-8H,13H2/t7-/m0/s1. The SMILES string of the molecule is N[C@@H](c1ccc(Br)c(F)c1)C(F)F. The van der Waals surface area contributed by atoms with Crippen LogP contribution in [0.5, 0.6) is 0 Å². The maximum absolute atomic E-state index is 12.9. The van der Waals surface area contributed by atoms with Crippen LogP contribution in [0.15, 0.2) is 22.7 Å². The van der Waals surface area contributed by atoms with Crippen molar-refractivity contribution in [2.24, 2.45) is 5.73 Å². The first-order valence-corrected chi connectivity index (χ1v) is 4.30. The van der Waals surface area contributed by atoms with Gasteiger partial charge in [-0.25, -0.2) is 13.2 Å². The van der Waals surface area contributed by atoms with E-state index in [1.54, 1.807) is 0 Å². The van der Waals surface area contributed by atoms with E-state index < -0.39 is 18.3 Å². The summed E-state index contributed by atoms with van der Waals surface area (Å²) in [6.45, 7) is 0. The van der Waals surface area contributed by atoms with Gasteiger partial charge in [-0.2, -0.15) is 0 Å². The fourth-order valence-electron chi connectivity index (χ4n) is 0.865. The van der Waals surface area contributed by atoms with Crippen molar-refractivity contribution in [3.63, 3.8) is 0 Å². The first-order chi connectivity index (χ1) is 6.02.